The lowest BCUT2D eigenvalue weighted by Gasteiger charge is -2.14. The van der Waals surface area contributed by atoms with E-state index < -0.39 is 46.9 Å². The van der Waals surface area contributed by atoms with E-state index in [9.17, 15) is 28.1 Å². The molecule has 6 nitrogen and oxygen atoms in total. The summed E-state index contributed by atoms with van der Waals surface area (Å²) >= 11 is 0. The number of halogens is 3. The largest absolute Gasteiger partial charge is 0.346 e. The lowest BCUT2D eigenvalue weighted by atomic mass is 10.1. The average Bonchev–Trinajstić information content (AvgIpc) is 2.34. The lowest BCUT2D eigenvalue weighted by Crippen LogP contribution is -2.41. The summed E-state index contributed by atoms with van der Waals surface area (Å²) in [5.74, 6) is -5.37. The molecule has 1 rings (SSSR count). The SMILES string of the molecule is Cc1cc(F)cc(C(=O)NCC(F)(F)CN)c1[N+](=O)[O-]. The monoisotopic (exact) mass is 291 g/mol. The topological polar surface area (TPSA) is 98.3 Å². The van der Waals surface area contributed by atoms with Gasteiger partial charge in [0.1, 0.15) is 11.4 Å². The third-order valence-corrected chi connectivity index (χ3v) is 2.50. The average molecular weight is 291 g/mol. The molecule has 0 fully saturated rings. The fraction of sp³-hybridized carbons (Fsp3) is 0.364. The van der Waals surface area contributed by atoms with E-state index in [0.29, 0.717) is 6.07 Å². The summed E-state index contributed by atoms with van der Waals surface area (Å²) in [7, 11) is 0. The van der Waals surface area contributed by atoms with Crippen molar-refractivity contribution in [3.8, 4) is 0 Å². The Morgan fingerprint density at radius 1 is 1.50 bits per heavy atom. The summed E-state index contributed by atoms with van der Waals surface area (Å²) in [5.41, 5.74) is 3.47. The van der Waals surface area contributed by atoms with E-state index in [1.165, 1.54) is 6.92 Å². The number of benzene rings is 1. The molecule has 0 spiro atoms. The first-order valence-electron chi connectivity index (χ1n) is 5.48. The van der Waals surface area contributed by atoms with Crippen molar-refractivity contribution in [1.82, 2.24) is 5.32 Å². The second kappa shape index (κ2) is 5.87. The number of nitrogens with zero attached hydrogens (tertiary/aromatic N) is 1. The second-order valence-electron chi connectivity index (χ2n) is 4.12. The quantitative estimate of drug-likeness (QED) is 0.632. The van der Waals surface area contributed by atoms with Crippen LogP contribution in [0.5, 0.6) is 0 Å². The summed E-state index contributed by atoms with van der Waals surface area (Å²) in [5, 5.41) is 12.7. The van der Waals surface area contributed by atoms with Gasteiger partial charge in [-0.05, 0) is 19.1 Å². The van der Waals surface area contributed by atoms with Crippen LogP contribution in [0.4, 0.5) is 18.9 Å². The molecule has 1 aromatic carbocycles. The molecule has 0 saturated heterocycles. The van der Waals surface area contributed by atoms with Crippen LogP contribution in [0.3, 0.4) is 0 Å². The van der Waals surface area contributed by atoms with Crippen molar-refractivity contribution in [3.05, 3.63) is 39.2 Å². The number of carbonyl (C=O) groups is 1. The summed E-state index contributed by atoms with van der Waals surface area (Å²) in [6.07, 6.45) is 0. The summed E-state index contributed by atoms with van der Waals surface area (Å²) in [6.45, 7) is -0.834. The normalized spacial score (nSPS) is 11.2. The van der Waals surface area contributed by atoms with Crippen LogP contribution >= 0.6 is 0 Å². The van der Waals surface area contributed by atoms with Gasteiger partial charge in [-0.15, -0.1) is 0 Å². The molecule has 0 atom stereocenters. The van der Waals surface area contributed by atoms with Gasteiger partial charge in [0.15, 0.2) is 0 Å². The molecule has 0 heterocycles. The number of nitrogens with two attached hydrogens (primary N) is 1. The van der Waals surface area contributed by atoms with Crippen molar-refractivity contribution >= 4 is 11.6 Å². The van der Waals surface area contributed by atoms with Gasteiger partial charge >= 0.3 is 0 Å². The Kier molecular flexibility index (Phi) is 4.66. The van der Waals surface area contributed by atoms with Crippen LogP contribution in [0.25, 0.3) is 0 Å². The van der Waals surface area contributed by atoms with Gasteiger partial charge < -0.3 is 11.1 Å². The number of rotatable bonds is 5. The predicted octanol–water partition coefficient (Wildman–Crippen LogP) is 1.37. The molecule has 0 unspecified atom stereocenters. The number of amides is 1. The highest BCUT2D eigenvalue weighted by molar-refractivity contribution is 5.98. The van der Waals surface area contributed by atoms with Crippen LogP contribution in [0.2, 0.25) is 0 Å². The molecule has 0 aliphatic heterocycles. The Morgan fingerprint density at radius 3 is 2.60 bits per heavy atom. The highest BCUT2D eigenvalue weighted by atomic mass is 19.3. The molecule has 1 aromatic rings. The number of nitro groups is 1. The van der Waals surface area contributed by atoms with Crippen molar-refractivity contribution in [1.29, 1.82) is 0 Å². The van der Waals surface area contributed by atoms with Gasteiger partial charge in [0.05, 0.1) is 18.0 Å². The zero-order chi connectivity index (χ0) is 15.5. The minimum absolute atomic E-state index is 0.0780. The highest BCUT2D eigenvalue weighted by Gasteiger charge is 2.30. The van der Waals surface area contributed by atoms with Crippen LogP contribution in [-0.2, 0) is 0 Å². The van der Waals surface area contributed by atoms with Crippen LogP contribution in [0.1, 0.15) is 15.9 Å². The molecule has 0 radical (unpaired) electrons. The molecule has 110 valence electrons. The van der Waals surface area contributed by atoms with E-state index in [1.807, 2.05) is 0 Å². The number of hydrogen-bond donors (Lipinski definition) is 2. The maximum absolute atomic E-state index is 13.2. The van der Waals surface area contributed by atoms with Crippen molar-refractivity contribution in [2.75, 3.05) is 13.1 Å². The highest BCUT2D eigenvalue weighted by Crippen LogP contribution is 2.24. The molecule has 20 heavy (non-hydrogen) atoms. The minimum Gasteiger partial charge on any atom is -0.346 e. The van der Waals surface area contributed by atoms with Crippen LogP contribution in [0.15, 0.2) is 12.1 Å². The molecule has 0 bridgehead atoms. The molecule has 1 amide bonds. The Bertz CT molecular complexity index is 549. The molecule has 0 aromatic heterocycles. The maximum Gasteiger partial charge on any atom is 0.285 e. The Morgan fingerprint density at radius 2 is 2.10 bits per heavy atom. The number of aryl methyl sites for hydroxylation is 1. The molecule has 9 heteroatoms. The van der Waals surface area contributed by atoms with E-state index in [0.717, 1.165) is 6.07 Å². The van der Waals surface area contributed by atoms with Gasteiger partial charge in [-0.3, -0.25) is 14.9 Å². The maximum atomic E-state index is 13.2. The van der Waals surface area contributed by atoms with Gasteiger partial charge in [-0.25, -0.2) is 13.2 Å². The van der Waals surface area contributed by atoms with E-state index in [2.05, 4.69) is 0 Å². The van der Waals surface area contributed by atoms with Gasteiger partial charge in [0.2, 0.25) is 0 Å². The Balaban J connectivity index is 3.07. The first kappa shape index (κ1) is 15.9. The van der Waals surface area contributed by atoms with Crippen molar-refractivity contribution < 1.29 is 22.9 Å². The molecular formula is C11H12F3N3O3. The van der Waals surface area contributed by atoms with E-state index in [1.54, 1.807) is 5.32 Å². The standard InChI is InChI=1S/C11H12F3N3O3/c1-6-2-7(12)3-8(9(6)17(19)20)10(18)16-5-11(13,14)4-15/h2-3H,4-5,15H2,1H3,(H,16,18). The van der Waals surface area contributed by atoms with Crippen molar-refractivity contribution in [2.24, 2.45) is 5.73 Å². The molecule has 0 aliphatic carbocycles. The number of alkyl halides is 2. The number of hydrogen-bond acceptors (Lipinski definition) is 4. The summed E-state index contributed by atoms with van der Waals surface area (Å²) in [4.78, 5) is 21.7. The number of carbonyl (C=O) groups excluding carboxylic acids is 1. The van der Waals surface area contributed by atoms with E-state index >= 15 is 0 Å². The summed E-state index contributed by atoms with van der Waals surface area (Å²) < 4.78 is 39.0. The van der Waals surface area contributed by atoms with E-state index in [4.69, 9.17) is 5.73 Å². The molecule has 0 saturated carbocycles. The third kappa shape index (κ3) is 3.67. The van der Waals surface area contributed by atoms with Crippen LogP contribution in [0, 0.1) is 22.9 Å². The number of nitrogens with one attached hydrogen (secondary N) is 1. The van der Waals surface area contributed by atoms with E-state index in [-0.39, 0.29) is 5.56 Å². The zero-order valence-corrected chi connectivity index (χ0v) is 10.5. The Hall–Kier alpha value is -2.16. The first-order chi connectivity index (χ1) is 9.18. The Labute approximate surface area is 111 Å². The second-order valence-corrected chi connectivity index (χ2v) is 4.12. The third-order valence-electron chi connectivity index (χ3n) is 2.50. The van der Waals surface area contributed by atoms with Crippen LogP contribution < -0.4 is 11.1 Å². The van der Waals surface area contributed by atoms with Crippen molar-refractivity contribution in [2.45, 2.75) is 12.8 Å². The lowest BCUT2D eigenvalue weighted by molar-refractivity contribution is -0.385. The fourth-order valence-electron chi connectivity index (χ4n) is 1.53. The predicted molar refractivity (Wildman–Crippen MR) is 64.1 cm³/mol. The smallest absolute Gasteiger partial charge is 0.285 e. The number of nitro benzene ring substituents is 1. The molecule has 0 aliphatic rings. The first-order valence-corrected chi connectivity index (χ1v) is 5.48. The molecule has 3 N–H and O–H groups in total. The van der Waals surface area contributed by atoms with Gasteiger partial charge in [-0.1, -0.05) is 0 Å². The zero-order valence-electron chi connectivity index (χ0n) is 10.5. The van der Waals surface area contributed by atoms with Gasteiger partial charge in [0.25, 0.3) is 17.5 Å². The van der Waals surface area contributed by atoms with Crippen LogP contribution in [-0.4, -0.2) is 29.8 Å². The molecular weight excluding hydrogens is 279 g/mol. The van der Waals surface area contributed by atoms with Gasteiger partial charge in [0, 0.05) is 5.56 Å². The van der Waals surface area contributed by atoms with Gasteiger partial charge in [-0.2, -0.15) is 0 Å². The summed E-state index contributed by atoms with van der Waals surface area (Å²) in [6, 6.07) is 1.50. The minimum atomic E-state index is -3.34. The van der Waals surface area contributed by atoms with Crippen molar-refractivity contribution in [3.63, 3.8) is 0 Å². The fourth-order valence-corrected chi connectivity index (χ4v) is 1.53.